The molecule has 0 heterocycles. The van der Waals surface area contributed by atoms with Crippen molar-refractivity contribution in [3.8, 4) is 5.75 Å². The van der Waals surface area contributed by atoms with Gasteiger partial charge in [-0.15, -0.1) is 0 Å². The van der Waals surface area contributed by atoms with Gasteiger partial charge in [0, 0.05) is 12.6 Å². The number of benzene rings is 1. The number of aliphatic hydroxyl groups excluding tert-OH is 2. The zero-order chi connectivity index (χ0) is 11.8. The fourth-order valence-electron chi connectivity index (χ4n) is 1.30. The Morgan fingerprint density at radius 1 is 1.19 bits per heavy atom. The van der Waals surface area contributed by atoms with Gasteiger partial charge in [-0.2, -0.15) is 0 Å². The van der Waals surface area contributed by atoms with Gasteiger partial charge in [0.05, 0.1) is 13.2 Å². The lowest BCUT2D eigenvalue weighted by atomic mass is 10.1. The largest absolute Gasteiger partial charge is 0.494 e. The Bertz CT molecular complexity index is 287. The first-order valence-electron chi connectivity index (χ1n) is 5.45. The van der Waals surface area contributed by atoms with Crippen molar-refractivity contribution in [2.24, 2.45) is 5.73 Å². The Morgan fingerprint density at radius 3 is 2.44 bits per heavy atom. The summed E-state index contributed by atoms with van der Waals surface area (Å²) < 4.78 is 5.46. The molecule has 1 rings (SSSR count). The van der Waals surface area contributed by atoms with Crippen LogP contribution >= 0.6 is 0 Å². The lowest BCUT2D eigenvalue weighted by molar-refractivity contribution is 0.230. The average molecular weight is 225 g/mol. The minimum absolute atomic E-state index is 0.0151. The summed E-state index contributed by atoms with van der Waals surface area (Å²) in [6.45, 7) is 0.644. The molecule has 90 valence electrons. The first-order chi connectivity index (χ1) is 7.76. The van der Waals surface area contributed by atoms with Crippen molar-refractivity contribution in [1.82, 2.24) is 0 Å². The van der Waals surface area contributed by atoms with Crippen LogP contribution in [0, 0.1) is 0 Å². The van der Waals surface area contributed by atoms with E-state index in [2.05, 4.69) is 0 Å². The summed E-state index contributed by atoms with van der Waals surface area (Å²) in [5, 5.41) is 17.5. The van der Waals surface area contributed by atoms with Gasteiger partial charge in [-0.1, -0.05) is 12.1 Å². The van der Waals surface area contributed by atoms with Crippen molar-refractivity contribution in [3.63, 3.8) is 0 Å². The number of rotatable bonds is 7. The molecule has 0 aliphatic heterocycles. The van der Waals surface area contributed by atoms with E-state index in [1.54, 1.807) is 0 Å². The van der Waals surface area contributed by atoms with E-state index in [0.29, 0.717) is 19.4 Å². The standard InChI is InChI=1S/C12H19NO3/c13-11(9-15)6-8-16-12-3-1-10(2-4-12)5-7-14/h1-4,11,14-15H,5-9,13H2. The van der Waals surface area contributed by atoms with E-state index in [1.165, 1.54) is 0 Å². The van der Waals surface area contributed by atoms with Crippen molar-refractivity contribution in [2.75, 3.05) is 19.8 Å². The molecule has 0 saturated heterocycles. The predicted octanol–water partition coefficient (Wildman–Crippen LogP) is 0.310. The minimum atomic E-state index is -0.214. The second-order valence-electron chi connectivity index (χ2n) is 3.70. The number of nitrogens with two attached hydrogens (primary N) is 1. The van der Waals surface area contributed by atoms with Crippen molar-refractivity contribution in [1.29, 1.82) is 0 Å². The molecule has 1 aromatic rings. The van der Waals surface area contributed by atoms with Crippen LogP contribution < -0.4 is 10.5 Å². The van der Waals surface area contributed by atoms with Gasteiger partial charge in [0.15, 0.2) is 0 Å². The van der Waals surface area contributed by atoms with Crippen molar-refractivity contribution >= 4 is 0 Å². The van der Waals surface area contributed by atoms with Crippen LogP contribution in [0.5, 0.6) is 5.75 Å². The molecule has 4 heteroatoms. The van der Waals surface area contributed by atoms with Crippen LogP contribution in [0.4, 0.5) is 0 Å². The molecular formula is C12H19NO3. The summed E-state index contributed by atoms with van der Waals surface area (Å²) in [5.41, 5.74) is 6.63. The molecule has 0 aliphatic rings. The van der Waals surface area contributed by atoms with Gasteiger partial charge < -0.3 is 20.7 Å². The van der Waals surface area contributed by atoms with Crippen molar-refractivity contribution < 1.29 is 14.9 Å². The Kier molecular flexibility index (Phi) is 5.85. The maximum absolute atomic E-state index is 8.75. The van der Waals surface area contributed by atoms with Crippen LogP contribution in [0.15, 0.2) is 24.3 Å². The van der Waals surface area contributed by atoms with E-state index in [1.807, 2.05) is 24.3 Å². The smallest absolute Gasteiger partial charge is 0.119 e. The summed E-state index contributed by atoms with van der Waals surface area (Å²) in [6, 6.07) is 7.38. The third kappa shape index (κ3) is 4.61. The first-order valence-corrected chi connectivity index (χ1v) is 5.45. The van der Waals surface area contributed by atoms with E-state index in [4.69, 9.17) is 20.7 Å². The average Bonchev–Trinajstić information content (AvgIpc) is 2.31. The summed E-state index contributed by atoms with van der Waals surface area (Å²) in [6.07, 6.45) is 1.30. The second kappa shape index (κ2) is 7.22. The highest BCUT2D eigenvalue weighted by Gasteiger charge is 2.00. The molecule has 0 fully saturated rings. The third-order valence-electron chi connectivity index (χ3n) is 2.32. The molecule has 16 heavy (non-hydrogen) atoms. The SMILES string of the molecule is NC(CO)CCOc1ccc(CCO)cc1. The van der Waals surface area contributed by atoms with Crippen LogP contribution in [-0.4, -0.2) is 36.1 Å². The van der Waals surface area contributed by atoms with E-state index in [-0.39, 0.29) is 19.3 Å². The van der Waals surface area contributed by atoms with Gasteiger partial charge in [-0.3, -0.25) is 0 Å². The predicted molar refractivity (Wildman–Crippen MR) is 62.4 cm³/mol. The topological polar surface area (TPSA) is 75.7 Å². The zero-order valence-electron chi connectivity index (χ0n) is 9.30. The zero-order valence-corrected chi connectivity index (χ0v) is 9.30. The monoisotopic (exact) mass is 225 g/mol. The minimum Gasteiger partial charge on any atom is -0.494 e. The molecule has 0 bridgehead atoms. The molecule has 0 aromatic heterocycles. The summed E-state index contributed by atoms with van der Waals surface area (Å²) in [5.74, 6) is 0.784. The van der Waals surface area contributed by atoms with Gasteiger partial charge in [-0.25, -0.2) is 0 Å². The molecule has 0 amide bonds. The lowest BCUT2D eigenvalue weighted by Crippen LogP contribution is -2.26. The van der Waals surface area contributed by atoms with E-state index < -0.39 is 0 Å². The number of hydrogen-bond acceptors (Lipinski definition) is 4. The number of ether oxygens (including phenoxy) is 1. The summed E-state index contributed by atoms with van der Waals surface area (Å²) in [4.78, 5) is 0. The molecule has 1 unspecified atom stereocenters. The van der Waals surface area contributed by atoms with Crippen LogP contribution in [0.25, 0.3) is 0 Å². The van der Waals surface area contributed by atoms with Crippen LogP contribution in [0.1, 0.15) is 12.0 Å². The van der Waals surface area contributed by atoms with Crippen LogP contribution in [0.3, 0.4) is 0 Å². The normalized spacial score (nSPS) is 12.4. The molecular weight excluding hydrogens is 206 g/mol. The van der Waals surface area contributed by atoms with Crippen LogP contribution in [-0.2, 0) is 6.42 Å². The van der Waals surface area contributed by atoms with Crippen LogP contribution in [0.2, 0.25) is 0 Å². The maximum Gasteiger partial charge on any atom is 0.119 e. The van der Waals surface area contributed by atoms with E-state index >= 15 is 0 Å². The van der Waals surface area contributed by atoms with Crippen molar-refractivity contribution in [2.45, 2.75) is 18.9 Å². The fraction of sp³-hybridized carbons (Fsp3) is 0.500. The Labute approximate surface area is 95.7 Å². The van der Waals surface area contributed by atoms with E-state index in [0.717, 1.165) is 11.3 Å². The highest BCUT2D eigenvalue weighted by Crippen LogP contribution is 2.12. The Morgan fingerprint density at radius 2 is 1.88 bits per heavy atom. The Hall–Kier alpha value is -1.10. The molecule has 1 aromatic carbocycles. The fourth-order valence-corrected chi connectivity index (χ4v) is 1.30. The molecule has 4 nitrogen and oxygen atoms in total. The molecule has 1 atom stereocenters. The second-order valence-corrected chi connectivity index (χ2v) is 3.70. The summed E-state index contributed by atoms with van der Waals surface area (Å²) >= 11 is 0. The quantitative estimate of drug-likeness (QED) is 0.624. The van der Waals surface area contributed by atoms with Gasteiger partial charge in [0.2, 0.25) is 0 Å². The van der Waals surface area contributed by atoms with E-state index in [9.17, 15) is 0 Å². The molecule has 0 saturated carbocycles. The lowest BCUT2D eigenvalue weighted by Gasteiger charge is -2.10. The van der Waals surface area contributed by atoms with Gasteiger partial charge in [-0.05, 0) is 30.5 Å². The highest BCUT2D eigenvalue weighted by molar-refractivity contribution is 5.27. The molecule has 0 aliphatic carbocycles. The van der Waals surface area contributed by atoms with Crippen molar-refractivity contribution in [3.05, 3.63) is 29.8 Å². The van der Waals surface area contributed by atoms with Gasteiger partial charge >= 0.3 is 0 Å². The van der Waals surface area contributed by atoms with Gasteiger partial charge in [0.1, 0.15) is 5.75 Å². The maximum atomic E-state index is 8.75. The first kappa shape index (κ1) is 13.0. The number of aliphatic hydroxyl groups is 2. The third-order valence-corrected chi connectivity index (χ3v) is 2.32. The summed E-state index contributed by atoms with van der Waals surface area (Å²) in [7, 11) is 0. The molecule has 0 spiro atoms. The number of hydrogen-bond donors (Lipinski definition) is 3. The highest BCUT2D eigenvalue weighted by atomic mass is 16.5. The molecule has 0 radical (unpaired) electrons. The van der Waals surface area contributed by atoms with Gasteiger partial charge in [0.25, 0.3) is 0 Å². The Balaban J connectivity index is 2.31. The molecule has 4 N–H and O–H groups in total.